The normalized spacial score (nSPS) is 13.5. The van der Waals surface area contributed by atoms with Crippen molar-refractivity contribution in [1.82, 2.24) is 9.97 Å². The van der Waals surface area contributed by atoms with Crippen LogP contribution in [0.4, 0.5) is 11.4 Å². The molecule has 0 aliphatic carbocycles. The number of nitrogens with zero attached hydrogens (tertiary/aromatic N) is 3. The zero-order valence-electron chi connectivity index (χ0n) is 19.6. The second kappa shape index (κ2) is 10.7. The van der Waals surface area contributed by atoms with Gasteiger partial charge in [-0.1, -0.05) is 59.8 Å². The first kappa shape index (κ1) is 25.6. The molecule has 1 aliphatic heterocycles. The predicted octanol–water partition coefficient (Wildman–Crippen LogP) is 5.96. The number of sulfonamides is 1. The Bertz CT molecular complexity index is 1580. The van der Waals surface area contributed by atoms with E-state index in [4.69, 9.17) is 11.6 Å². The number of nitrogens with one attached hydrogen (secondary N) is 1. The highest BCUT2D eigenvalue weighted by molar-refractivity contribution is 7.99. The molecule has 0 atom stereocenters. The smallest absolute Gasteiger partial charge is 0.268 e. The van der Waals surface area contributed by atoms with Gasteiger partial charge in [0.2, 0.25) is 5.91 Å². The second-order valence-corrected chi connectivity index (χ2v) is 12.2. The summed E-state index contributed by atoms with van der Waals surface area (Å²) in [6.45, 7) is 0.143. The van der Waals surface area contributed by atoms with Crippen molar-refractivity contribution in [3.8, 4) is 11.3 Å². The average Bonchev–Trinajstić information content (AvgIpc) is 2.90. The highest BCUT2D eigenvalue weighted by Gasteiger charge is 2.37. The molecule has 0 saturated carbocycles. The molecule has 0 unspecified atom stereocenters. The van der Waals surface area contributed by atoms with Crippen molar-refractivity contribution in [1.29, 1.82) is 0 Å². The summed E-state index contributed by atoms with van der Waals surface area (Å²) < 4.78 is 28.6. The third kappa shape index (κ3) is 5.47. The van der Waals surface area contributed by atoms with Crippen LogP contribution >= 0.6 is 35.1 Å². The van der Waals surface area contributed by atoms with Gasteiger partial charge in [0.25, 0.3) is 10.0 Å². The Hall–Kier alpha value is -3.05. The number of carbonyl (C=O) groups excluding carboxylic acids is 1. The van der Waals surface area contributed by atoms with Crippen molar-refractivity contribution >= 4 is 62.4 Å². The molecule has 7 nitrogen and oxygen atoms in total. The van der Waals surface area contributed by atoms with Crippen LogP contribution in [0.2, 0.25) is 5.02 Å². The largest absolute Gasteiger partial charge is 0.325 e. The van der Waals surface area contributed by atoms with Gasteiger partial charge in [0.15, 0.2) is 5.16 Å². The summed E-state index contributed by atoms with van der Waals surface area (Å²) in [6.07, 6.45) is 3.28. The topological polar surface area (TPSA) is 92.3 Å². The lowest BCUT2D eigenvalue weighted by molar-refractivity contribution is -0.113. The predicted molar refractivity (Wildman–Crippen MR) is 150 cm³/mol. The molecule has 0 radical (unpaired) electrons. The molecular weight excluding hydrogens is 548 g/mol. The van der Waals surface area contributed by atoms with Crippen molar-refractivity contribution in [3.63, 3.8) is 0 Å². The van der Waals surface area contributed by atoms with Crippen molar-refractivity contribution in [3.05, 3.63) is 89.6 Å². The number of benzene rings is 3. The maximum absolute atomic E-state index is 13.6. The van der Waals surface area contributed by atoms with Crippen molar-refractivity contribution in [2.45, 2.75) is 21.5 Å². The van der Waals surface area contributed by atoms with E-state index in [-0.39, 0.29) is 23.1 Å². The van der Waals surface area contributed by atoms with Crippen molar-refractivity contribution in [2.75, 3.05) is 21.6 Å². The zero-order chi connectivity index (χ0) is 26.0. The van der Waals surface area contributed by atoms with E-state index in [0.29, 0.717) is 32.8 Å². The van der Waals surface area contributed by atoms with Gasteiger partial charge < -0.3 is 5.32 Å². The van der Waals surface area contributed by atoms with E-state index in [2.05, 4.69) is 15.3 Å². The number of carbonyl (C=O) groups is 1. The number of aromatic nitrogens is 2. The molecule has 0 saturated heterocycles. The number of rotatable bonds is 7. The lowest BCUT2D eigenvalue weighted by Crippen LogP contribution is -2.34. The van der Waals surface area contributed by atoms with E-state index in [0.717, 1.165) is 22.2 Å². The average molecular weight is 569 g/mol. The van der Waals surface area contributed by atoms with E-state index in [1.165, 1.54) is 10.5 Å². The number of hydrogen-bond acceptors (Lipinski definition) is 7. The Balaban J connectivity index is 1.42. The van der Waals surface area contributed by atoms with E-state index in [1.807, 2.05) is 60.9 Å². The third-order valence-corrected chi connectivity index (χ3v) is 9.22. The summed E-state index contributed by atoms with van der Waals surface area (Å²) in [5.74, 6) is -0.138. The Morgan fingerprint density at radius 1 is 1.05 bits per heavy atom. The van der Waals surface area contributed by atoms with Crippen molar-refractivity contribution < 1.29 is 13.2 Å². The SMILES string of the molecule is CSc1cccc(NC(=O)CSc2ncc3c(n2)-c2ccc(Cl)cc2N(Cc2ccccc2)S3(=O)=O)c1. The zero-order valence-corrected chi connectivity index (χ0v) is 22.8. The first-order chi connectivity index (χ1) is 17.8. The van der Waals surface area contributed by atoms with Crippen LogP contribution in [0.5, 0.6) is 0 Å². The molecular formula is C26H21ClN4O3S3. The first-order valence-electron chi connectivity index (χ1n) is 11.2. The molecule has 1 aromatic heterocycles. The second-order valence-electron chi connectivity index (χ2n) is 8.09. The van der Waals surface area contributed by atoms with Crippen LogP contribution in [0.1, 0.15) is 5.56 Å². The fraction of sp³-hybridized carbons (Fsp3) is 0.115. The minimum Gasteiger partial charge on any atom is -0.325 e. The monoisotopic (exact) mass is 568 g/mol. The summed E-state index contributed by atoms with van der Waals surface area (Å²) in [7, 11) is -3.95. The molecule has 0 fully saturated rings. The molecule has 1 amide bonds. The Morgan fingerprint density at radius 3 is 2.65 bits per heavy atom. The number of fused-ring (bicyclic) bond motifs is 3. The molecule has 1 aliphatic rings. The minimum absolute atomic E-state index is 0.0148. The fourth-order valence-corrected chi connectivity index (χ4v) is 6.71. The highest BCUT2D eigenvalue weighted by Crippen LogP contribution is 2.44. The van der Waals surface area contributed by atoms with Gasteiger partial charge in [-0.15, -0.1) is 11.8 Å². The summed E-state index contributed by atoms with van der Waals surface area (Å²) in [5.41, 5.74) is 2.92. The van der Waals surface area contributed by atoms with Crippen LogP contribution in [0.25, 0.3) is 11.3 Å². The number of hydrogen-bond donors (Lipinski definition) is 1. The molecule has 1 N–H and O–H groups in total. The summed E-state index contributed by atoms with van der Waals surface area (Å²) in [4.78, 5) is 22.4. The fourth-order valence-electron chi connectivity index (χ4n) is 3.91. The van der Waals surface area contributed by atoms with E-state index < -0.39 is 10.0 Å². The van der Waals surface area contributed by atoms with Crippen LogP contribution < -0.4 is 9.62 Å². The van der Waals surface area contributed by atoms with Crippen LogP contribution in [0.3, 0.4) is 0 Å². The van der Waals surface area contributed by atoms with Gasteiger partial charge in [-0.3, -0.25) is 9.10 Å². The molecule has 37 heavy (non-hydrogen) atoms. The van der Waals surface area contributed by atoms with Crippen LogP contribution in [-0.2, 0) is 21.4 Å². The van der Waals surface area contributed by atoms with Gasteiger partial charge in [-0.05, 0) is 48.2 Å². The minimum atomic E-state index is -3.95. The lowest BCUT2D eigenvalue weighted by atomic mass is 10.1. The molecule has 11 heteroatoms. The number of anilines is 2. The third-order valence-electron chi connectivity index (χ3n) is 5.64. The van der Waals surface area contributed by atoms with Gasteiger partial charge in [0.05, 0.1) is 29.9 Å². The molecule has 3 aromatic carbocycles. The molecule has 188 valence electrons. The summed E-state index contributed by atoms with van der Waals surface area (Å²) in [6, 6.07) is 22.0. The van der Waals surface area contributed by atoms with E-state index >= 15 is 0 Å². The van der Waals surface area contributed by atoms with Gasteiger partial charge in [-0.25, -0.2) is 18.4 Å². The maximum Gasteiger partial charge on any atom is 0.268 e. The number of halogens is 1. The quantitative estimate of drug-likeness (QED) is 0.217. The van der Waals surface area contributed by atoms with Crippen LogP contribution in [0, 0.1) is 0 Å². The van der Waals surface area contributed by atoms with Gasteiger partial charge >= 0.3 is 0 Å². The van der Waals surface area contributed by atoms with Crippen molar-refractivity contribution in [2.24, 2.45) is 0 Å². The van der Waals surface area contributed by atoms with Crippen LogP contribution in [0.15, 0.2) is 93.9 Å². The van der Waals surface area contributed by atoms with E-state index in [9.17, 15) is 13.2 Å². The summed E-state index contributed by atoms with van der Waals surface area (Å²) in [5, 5.41) is 3.59. The lowest BCUT2D eigenvalue weighted by Gasteiger charge is -2.31. The highest BCUT2D eigenvalue weighted by atomic mass is 35.5. The Labute approximate surface area is 228 Å². The van der Waals surface area contributed by atoms with Gasteiger partial charge in [0, 0.05) is 21.2 Å². The molecule has 0 bridgehead atoms. The molecule has 0 spiro atoms. The number of thioether (sulfide) groups is 2. The Kier molecular flexibility index (Phi) is 7.43. The standard InChI is InChI=1S/C26H21ClN4O3S3/c1-35-20-9-5-8-19(13-20)29-24(32)16-36-26-28-14-23-25(30-26)21-11-10-18(27)12-22(21)31(37(23,33)34)15-17-6-3-2-4-7-17/h2-14H,15-16H2,1H3,(H,29,32). The molecule has 2 heterocycles. The van der Waals surface area contributed by atoms with Gasteiger partial charge in [0.1, 0.15) is 4.90 Å². The van der Waals surface area contributed by atoms with Crippen LogP contribution in [-0.4, -0.2) is 36.3 Å². The first-order valence-corrected chi connectivity index (χ1v) is 15.2. The maximum atomic E-state index is 13.6. The van der Waals surface area contributed by atoms with E-state index in [1.54, 1.807) is 30.0 Å². The molecule has 4 aromatic rings. The Morgan fingerprint density at radius 2 is 1.86 bits per heavy atom. The summed E-state index contributed by atoms with van der Waals surface area (Å²) >= 11 is 8.99. The number of amides is 1. The van der Waals surface area contributed by atoms with Gasteiger partial charge in [-0.2, -0.15) is 0 Å². The molecule has 5 rings (SSSR count).